The fourth-order valence-corrected chi connectivity index (χ4v) is 3.53. The van der Waals surface area contributed by atoms with Crippen LogP contribution in [0.1, 0.15) is 66.4 Å². The summed E-state index contributed by atoms with van der Waals surface area (Å²) in [5, 5.41) is 0. The smallest absolute Gasteiger partial charge is 0.252 e. The maximum atomic E-state index is 6.30. The molecule has 0 amide bonds. The van der Waals surface area contributed by atoms with Gasteiger partial charge in [-0.3, -0.25) is 0 Å². The molecule has 0 spiro atoms. The molecule has 0 unspecified atom stereocenters. The number of hydrogen-bond acceptors (Lipinski definition) is 1. The Balaban J connectivity index is 0.00000264. The molecule has 2 rings (SSSR count). The molecular formula is C20H34ClNO. The Labute approximate surface area is 149 Å². The second kappa shape index (κ2) is 8.48. The van der Waals surface area contributed by atoms with E-state index in [4.69, 9.17) is 4.74 Å². The average Bonchev–Trinajstić information content (AvgIpc) is 2.44. The van der Waals surface area contributed by atoms with Gasteiger partial charge in [0.1, 0.15) is 0 Å². The molecule has 1 fully saturated rings. The first-order chi connectivity index (χ1) is 10.3. The number of ether oxygens (including phenoxy) is 1. The van der Waals surface area contributed by atoms with Crippen LogP contribution in [0, 0.1) is 17.8 Å². The first kappa shape index (κ1) is 20.4. The van der Waals surface area contributed by atoms with Crippen molar-refractivity contribution in [2.75, 3.05) is 0 Å². The predicted molar refractivity (Wildman–Crippen MR) is 91.6 cm³/mol. The van der Waals surface area contributed by atoms with E-state index in [1.165, 1.54) is 24.8 Å². The standard InChI is InChI=1S/C20H34NO.ClH/c1-15(2)18-8-7-16(3)13-19(18)22-14-21-11-9-17(10-12-21)20(4,5)6;/h9-12,15-16,18-19H,7-8,13-14H2,1-6H3;1H/q+1;/p-1/t16-,18+,19-;/m1./s1. The van der Waals surface area contributed by atoms with Crippen LogP contribution in [0.3, 0.4) is 0 Å². The fraction of sp³-hybridized carbons (Fsp3) is 0.750. The number of halogens is 1. The minimum atomic E-state index is 0. The Morgan fingerprint density at radius 1 is 1.17 bits per heavy atom. The van der Waals surface area contributed by atoms with Gasteiger partial charge in [0.25, 0.3) is 6.73 Å². The zero-order valence-corrected chi connectivity index (χ0v) is 16.4. The lowest BCUT2D eigenvalue weighted by Crippen LogP contribution is -3.00. The van der Waals surface area contributed by atoms with Crippen LogP contribution < -0.4 is 17.0 Å². The lowest BCUT2D eigenvalue weighted by Gasteiger charge is -2.36. The number of hydrogen-bond donors (Lipinski definition) is 0. The van der Waals surface area contributed by atoms with Crippen molar-refractivity contribution >= 4 is 0 Å². The van der Waals surface area contributed by atoms with E-state index in [0.29, 0.717) is 24.7 Å². The van der Waals surface area contributed by atoms with Gasteiger partial charge in [-0.05, 0) is 41.6 Å². The molecule has 0 aliphatic heterocycles. The fourth-order valence-electron chi connectivity index (χ4n) is 3.53. The number of pyridine rings is 1. The van der Waals surface area contributed by atoms with Crippen LogP contribution in [0.2, 0.25) is 0 Å². The summed E-state index contributed by atoms with van der Waals surface area (Å²) in [6, 6.07) is 4.43. The molecule has 3 heteroatoms. The normalized spacial score (nSPS) is 25.3. The predicted octanol–water partition coefficient (Wildman–Crippen LogP) is 1.71. The lowest BCUT2D eigenvalue weighted by molar-refractivity contribution is -0.735. The van der Waals surface area contributed by atoms with Crippen molar-refractivity contribution in [3.63, 3.8) is 0 Å². The van der Waals surface area contributed by atoms with Crippen LogP contribution in [0.25, 0.3) is 0 Å². The molecule has 1 heterocycles. The van der Waals surface area contributed by atoms with Crippen molar-refractivity contribution in [3.8, 4) is 0 Å². The van der Waals surface area contributed by atoms with Gasteiger partial charge in [0.15, 0.2) is 12.4 Å². The molecule has 0 bridgehead atoms. The molecule has 1 aliphatic rings. The van der Waals surface area contributed by atoms with E-state index in [2.05, 4.69) is 70.6 Å². The summed E-state index contributed by atoms with van der Waals surface area (Å²) in [6.07, 6.45) is 8.60. The summed E-state index contributed by atoms with van der Waals surface area (Å²) in [5.74, 6) is 2.23. The van der Waals surface area contributed by atoms with Crippen molar-refractivity contribution in [3.05, 3.63) is 30.1 Å². The Kier molecular flexibility index (Phi) is 7.54. The minimum absolute atomic E-state index is 0. The molecule has 0 saturated heterocycles. The van der Waals surface area contributed by atoms with E-state index in [1.807, 2.05) is 0 Å². The summed E-state index contributed by atoms with van der Waals surface area (Å²) in [6.45, 7) is 14.5. The van der Waals surface area contributed by atoms with E-state index in [9.17, 15) is 0 Å². The van der Waals surface area contributed by atoms with Crippen LogP contribution in [0.15, 0.2) is 24.5 Å². The van der Waals surface area contributed by atoms with Crippen LogP contribution in [0.4, 0.5) is 0 Å². The van der Waals surface area contributed by atoms with Gasteiger partial charge in [0, 0.05) is 12.1 Å². The third-order valence-electron chi connectivity index (χ3n) is 5.16. The van der Waals surface area contributed by atoms with Crippen molar-refractivity contribution < 1.29 is 21.7 Å². The second-order valence-corrected chi connectivity index (χ2v) is 8.51. The highest BCUT2D eigenvalue weighted by Gasteiger charge is 2.32. The van der Waals surface area contributed by atoms with Gasteiger partial charge in [0.05, 0.1) is 6.10 Å². The minimum Gasteiger partial charge on any atom is -1.00 e. The van der Waals surface area contributed by atoms with Gasteiger partial charge in [-0.1, -0.05) is 48.0 Å². The third-order valence-corrected chi connectivity index (χ3v) is 5.16. The van der Waals surface area contributed by atoms with Gasteiger partial charge < -0.3 is 17.1 Å². The lowest BCUT2D eigenvalue weighted by atomic mass is 9.75. The van der Waals surface area contributed by atoms with Crippen LogP contribution in [-0.2, 0) is 16.9 Å². The molecule has 1 aromatic rings. The topological polar surface area (TPSA) is 13.1 Å². The third kappa shape index (κ3) is 5.76. The summed E-state index contributed by atoms with van der Waals surface area (Å²) >= 11 is 0. The van der Waals surface area contributed by atoms with Crippen molar-refractivity contribution in [1.82, 2.24) is 0 Å². The zero-order chi connectivity index (χ0) is 16.3. The Morgan fingerprint density at radius 2 is 1.78 bits per heavy atom. The van der Waals surface area contributed by atoms with Crippen LogP contribution >= 0.6 is 0 Å². The van der Waals surface area contributed by atoms with Crippen LogP contribution in [0.5, 0.6) is 0 Å². The van der Waals surface area contributed by atoms with Crippen molar-refractivity contribution in [1.29, 1.82) is 0 Å². The molecule has 23 heavy (non-hydrogen) atoms. The van der Waals surface area contributed by atoms with E-state index in [-0.39, 0.29) is 17.8 Å². The summed E-state index contributed by atoms with van der Waals surface area (Å²) in [4.78, 5) is 0. The Morgan fingerprint density at radius 3 is 2.30 bits per heavy atom. The Bertz CT molecular complexity index is 464. The highest BCUT2D eigenvalue weighted by Crippen LogP contribution is 2.35. The molecule has 0 radical (unpaired) electrons. The Hall–Kier alpha value is -0.600. The summed E-state index contributed by atoms with van der Waals surface area (Å²) in [5.41, 5.74) is 1.58. The zero-order valence-electron chi connectivity index (χ0n) is 15.7. The maximum Gasteiger partial charge on any atom is 0.252 e. The average molecular weight is 340 g/mol. The van der Waals surface area contributed by atoms with E-state index in [1.54, 1.807) is 0 Å². The van der Waals surface area contributed by atoms with Crippen LogP contribution in [-0.4, -0.2) is 6.10 Å². The molecule has 3 atom stereocenters. The van der Waals surface area contributed by atoms with E-state index in [0.717, 1.165) is 5.92 Å². The first-order valence-corrected chi connectivity index (χ1v) is 8.88. The quantitative estimate of drug-likeness (QED) is 0.761. The molecule has 2 nitrogen and oxygen atoms in total. The van der Waals surface area contributed by atoms with Crippen molar-refractivity contribution in [2.24, 2.45) is 17.8 Å². The number of aromatic nitrogens is 1. The molecule has 1 saturated carbocycles. The van der Waals surface area contributed by atoms with E-state index < -0.39 is 0 Å². The molecule has 132 valence electrons. The van der Waals surface area contributed by atoms with Gasteiger partial charge in [-0.15, -0.1) is 0 Å². The SMILES string of the molecule is CC(C)[C@@H]1CC[C@@H](C)C[C@H]1OC[n+]1ccc(C(C)(C)C)cc1.[Cl-]. The monoisotopic (exact) mass is 339 g/mol. The summed E-state index contributed by atoms with van der Waals surface area (Å²) in [7, 11) is 0. The summed E-state index contributed by atoms with van der Waals surface area (Å²) < 4.78 is 8.46. The number of rotatable bonds is 4. The second-order valence-electron chi connectivity index (χ2n) is 8.51. The van der Waals surface area contributed by atoms with E-state index >= 15 is 0 Å². The maximum absolute atomic E-state index is 6.30. The molecular weight excluding hydrogens is 306 g/mol. The molecule has 1 aliphatic carbocycles. The van der Waals surface area contributed by atoms with Gasteiger partial charge >= 0.3 is 0 Å². The van der Waals surface area contributed by atoms with Gasteiger partial charge in [-0.25, -0.2) is 0 Å². The molecule has 0 aromatic carbocycles. The van der Waals surface area contributed by atoms with Gasteiger partial charge in [0.2, 0.25) is 0 Å². The highest BCUT2D eigenvalue weighted by molar-refractivity contribution is 5.17. The highest BCUT2D eigenvalue weighted by atomic mass is 35.5. The largest absolute Gasteiger partial charge is 1.00 e. The van der Waals surface area contributed by atoms with Crippen molar-refractivity contribution in [2.45, 2.75) is 79.1 Å². The van der Waals surface area contributed by atoms with Gasteiger partial charge in [-0.2, -0.15) is 4.57 Å². The first-order valence-electron chi connectivity index (χ1n) is 8.88. The number of nitrogens with zero attached hydrogens (tertiary/aromatic N) is 1. The molecule has 0 N–H and O–H groups in total. The molecule has 1 aromatic heterocycles.